The van der Waals surface area contributed by atoms with E-state index in [1.54, 1.807) is 30.6 Å². The van der Waals surface area contributed by atoms with Crippen LogP contribution in [0.4, 0.5) is 5.69 Å². The third kappa shape index (κ3) is 3.11. The van der Waals surface area contributed by atoms with Crippen LogP contribution in [-0.2, 0) is 6.61 Å². The van der Waals surface area contributed by atoms with E-state index in [0.717, 1.165) is 11.1 Å². The number of halogens is 1. The zero-order valence-corrected chi connectivity index (χ0v) is 10.2. The van der Waals surface area contributed by atoms with Crippen LogP contribution < -0.4 is 10.5 Å². The van der Waals surface area contributed by atoms with Crippen LogP contribution in [-0.4, -0.2) is 4.98 Å². The van der Waals surface area contributed by atoms with Crippen LogP contribution >= 0.6 is 11.6 Å². The van der Waals surface area contributed by atoms with Gasteiger partial charge in [-0.15, -0.1) is 0 Å². The minimum atomic E-state index is 0.443. The van der Waals surface area contributed by atoms with Crippen molar-refractivity contribution in [2.75, 3.05) is 5.73 Å². The zero-order valence-electron chi connectivity index (χ0n) is 9.48. The van der Waals surface area contributed by atoms with Gasteiger partial charge in [-0.05, 0) is 36.8 Å². The Kier molecular flexibility index (Phi) is 3.49. The Balaban J connectivity index is 2.07. The quantitative estimate of drug-likeness (QED) is 0.849. The average molecular weight is 249 g/mol. The molecule has 2 rings (SSSR count). The molecule has 0 atom stereocenters. The number of aromatic nitrogens is 1. The van der Waals surface area contributed by atoms with Crippen LogP contribution in [0.2, 0.25) is 5.02 Å². The number of pyridine rings is 1. The van der Waals surface area contributed by atoms with Crippen molar-refractivity contribution in [2.24, 2.45) is 0 Å². The summed E-state index contributed by atoms with van der Waals surface area (Å²) in [5.41, 5.74) is 8.35. The number of anilines is 1. The Bertz CT molecular complexity index is 529. The molecule has 0 aliphatic carbocycles. The van der Waals surface area contributed by atoms with Crippen molar-refractivity contribution in [2.45, 2.75) is 13.5 Å². The average Bonchev–Trinajstić information content (AvgIpc) is 2.28. The highest BCUT2D eigenvalue weighted by Gasteiger charge is 2.02. The van der Waals surface area contributed by atoms with Gasteiger partial charge >= 0.3 is 0 Å². The van der Waals surface area contributed by atoms with Gasteiger partial charge in [0.1, 0.15) is 12.4 Å². The molecule has 0 saturated heterocycles. The third-order valence-corrected chi connectivity index (χ3v) is 2.58. The van der Waals surface area contributed by atoms with Crippen molar-refractivity contribution in [1.82, 2.24) is 4.98 Å². The van der Waals surface area contributed by atoms with Crippen molar-refractivity contribution in [3.8, 4) is 5.75 Å². The number of ether oxygens (including phenoxy) is 1. The molecule has 3 nitrogen and oxygen atoms in total. The van der Waals surface area contributed by atoms with Gasteiger partial charge in [0.2, 0.25) is 0 Å². The molecule has 0 saturated carbocycles. The summed E-state index contributed by atoms with van der Waals surface area (Å²) in [6.45, 7) is 2.44. The maximum absolute atomic E-state index is 6.01. The fraction of sp³-hybridized carbons (Fsp3) is 0.154. The molecule has 1 aromatic heterocycles. The van der Waals surface area contributed by atoms with Crippen LogP contribution in [0.1, 0.15) is 11.1 Å². The normalized spacial score (nSPS) is 10.2. The third-order valence-electron chi connectivity index (χ3n) is 2.28. The molecular weight excluding hydrogens is 236 g/mol. The monoisotopic (exact) mass is 248 g/mol. The van der Waals surface area contributed by atoms with Gasteiger partial charge in [-0.2, -0.15) is 0 Å². The molecule has 88 valence electrons. The second-order valence-electron chi connectivity index (χ2n) is 3.85. The van der Waals surface area contributed by atoms with Gasteiger partial charge in [0.05, 0.1) is 5.02 Å². The Morgan fingerprint density at radius 2 is 2.12 bits per heavy atom. The summed E-state index contributed by atoms with van der Waals surface area (Å²) in [5, 5.41) is 0.519. The first-order valence-electron chi connectivity index (χ1n) is 5.23. The summed E-state index contributed by atoms with van der Waals surface area (Å²) in [7, 11) is 0. The molecule has 2 aromatic rings. The van der Waals surface area contributed by atoms with Crippen molar-refractivity contribution in [3.05, 3.63) is 52.8 Å². The van der Waals surface area contributed by atoms with E-state index in [1.165, 1.54) is 0 Å². The van der Waals surface area contributed by atoms with E-state index in [9.17, 15) is 0 Å². The second-order valence-corrected chi connectivity index (χ2v) is 4.26. The molecule has 0 bridgehead atoms. The number of nitrogens with two attached hydrogens (primary N) is 1. The maximum atomic E-state index is 6.01. The van der Waals surface area contributed by atoms with E-state index >= 15 is 0 Å². The summed E-state index contributed by atoms with van der Waals surface area (Å²) >= 11 is 6.01. The molecule has 0 aliphatic heterocycles. The van der Waals surface area contributed by atoms with Crippen LogP contribution in [0.15, 0.2) is 36.7 Å². The van der Waals surface area contributed by atoms with Gasteiger partial charge in [-0.3, -0.25) is 4.98 Å². The highest BCUT2D eigenvalue weighted by Crippen LogP contribution is 2.27. The second kappa shape index (κ2) is 5.06. The van der Waals surface area contributed by atoms with Crippen molar-refractivity contribution in [3.63, 3.8) is 0 Å². The van der Waals surface area contributed by atoms with Gasteiger partial charge in [0.25, 0.3) is 0 Å². The highest BCUT2D eigenvalue weighted by molar-refractivity contribution is 6.32. The van der Waals surface area contributed by atoms with Crippen molar-refractivity contribution < 1.29 is 4.74 Å². The first kappa shape index (κ1) is 11.7. The lowest BCUT2D eigenvalue weighted by Crippen LogP contribution is -1.97. The number of nitrogens with zero attached hydrogens (tertiary/aromatic N) is 1. The number of hydrogen-bond donors (Lipinski definition) is 1. The lowest BCUT2D eigenvalue weighted by molar-refractivity contribution is 0.306. The van der Waals surface area contributed by atoms with Crippen LogP contribution in [0.5, 0.6) is 5.75 Å². The Labute approximate surface area is 105 Å². The number of hydrogen-bond acceptors (Lipinski definition) is 3. The molecule has 0 unspecified atom stereocenters. The zero-order chi connectivity index (χ0) is 12.3. The SMILES string of the molecule is Cc1cncc(COc2ccc(N)cc2Cl)c1. The Hall–Kier alpha value is -1.74. The predicted octanol–water partition coefficient (Wildman–Crippen LogP) is 3.20. The molecule has 0 radical (unpaired) electrons. The molecule has 1 aromatic carbocycles. The lowest BCUT2D eigenvalue weighted by atomic mass is 10.2. The first-order valence-corrected chi connectivity index (χ1v) is 5.61. The van der Waals surface area contributed by atoms with Crippen LogP contribution in [0.25, 0.3) is 0 Å². The van der Waals surface area contributed by atoms with E-state index in [1.807, 2.05) is 13.0 Å². The largest absolute Gasteiger partial charge is 0.487 e. The van der Waals surface area contributed by atoms with Crippen LogP contribution in [0, 0.1) is 6.92 Å². The van der Waals surface area contributed by atoms with E-state index in [4.69, 9.17) is 22.1 Å². The first-order chi connectivity index (χ1) is 8.15. The summed E-state index contributed by atoms with van der Waals surface area (Å²) in [6, 6.07) is 7.22. The molecule has 2 N–H and O–H groups in total. The minimum absolute atomic E-state index is 0.443. The number of benzene rings is 1. The fourth-order valence-corrected chi connectivity index (χ4v) is 1.74. The molecule has 4 heteroatoms. The minimum Gasteiger partial charge on any atom is -0.487 e. The van der Waals surface area contributed by atoms with Crippen molar-refractivity contribution in [1.29, 1.82) is 0 Å². The highest BCUT2D eigenvalue weighted by atomic mass is 35.5. The molecule has 17 heavy (non-hydrogen) atoms. The summed E-state index contributed by atoms with van der Waals surface area (Å²) in [4.78, 5) is 4.10. The predicted molar refractivity (Wildman–Crippen MR) is 69.2 cm³/mol. The molecule has 1 heterocycles. The standard InChI is InChI=1S/C13H13ClN2O/c1-9-4-10(7-16-6-9)8-17-13-3-2-11(15)5-12(13)14/h2-7H,8,15H2,1H3. The topological polar surface area (TPSA) is 48.1 Å². The van der Waals surface area contributed by atoms with E-state index in [0.29, 0.717) is 23.1 Å². The van der Waals surface area contributed by atoms with Gasteiger partial charge in [-0.25, -0.2) is 0 Å². The summed E-state index contributed by atoms with van der Waals surface area (Å²) in [6.07, 6.45) is 3.58. The molecule has 0 fully saturated rings. The molecule has 0 amide bonds. The molecule has 0 aliphatic rings. The Morgan fingerprint density at radius 3 is 2.82 bits per heavy atom. The summed E-state index contributed by atoms with van der Waals surface area (Å²) in [5.74, 6) is 0.627. The number of nitrogen functional groups attached to an aromatic ring is 1. The Morgan fingerprint density at radius 1 is 1.29 bits per heavy atom. The van der Waals surface area contributed by atoms with E-state index in [-0.39, 0.29) is 0 Å². The number of aryl methyl sites for hydroxylation is 1. The van der Waals surface area contributed by atoms with E-state index < -0.39 is 0 Å². The summed E-state index contributed by atoms with van der Waals surface area (Å²) < 4.78 is 5.61. The van der Waals surface area contributed by atoms with Crippen molar-refractivity contribution >= 4 is 17.3 Å². The number of rotatable bonds is 3. The van der Waals surface area contributed by atoms with Gasteiger partial charge in [-0.1, -0.05) is 11.6 Å². The maximum Gasteiger partial charge on any atom is 0.138 e. The smallest absolute Gasteiger partial charge is 0.138 e. The fourth-order valence-electron chi connectivity index (χ4n) is 1.49. The van der Waals surface area contributed by atoms with Gasteiger partial charge in [0, 0.05) is 23.6 Å². The van der Waals surface area contributed by atoms with Crippen LogP contribution in [0.3, 0.4) is 0 Å². The molecular formula is C13H13ClN2O. The van der Waals surface area contributed by atoms with Gasteiger partial charge < -0.3 is 10.5 Å². The van der Waals surface area contributed by atoms with E-state index in [2.05, 4.69) is 4.98 Å². The lowest BCUT2D eigenvalue weighted by Gasteiger charge is -2.08. The molecule has 0 spiro atoms. The van der Waals surface area contributed by atoms with Gasteiger partial charge in [0.15, 0.2) is 0 Å².